The van der Waals surface area contributed by atoms with Crippen LogP contribution in [0.3, 0.4) is 0 Å². The molecule has 170 valence electrons. The maximum Gasteiger partial charge on any atom is 0.205 e. The molecule has 0 amide bonds. The lowest BCUT2D eigenvalue weighted by molar-refractivity contribution is -0.116. The Morgan fingerprint density at radius 1 is 1.24 bits per heavy atom. The number of carbonyl (C=O) groups excluding carboxylic acids is 1. The average Bonchev–Trinajstić information content (AvgIpc) is 2.78. The summed E-state index contributed by atoms with van der Waals surface area (Å²) < 4.78 is 17.8. The van der Waals surface area contributed by atoms with E-state index in [4.69, 9.17) is 43.1 Å². The van der Waals surface area contributed by atoms with E-state index in [0.29, 0.717) is 62.2 Å². The molecular formula is C24H19BrCl2N2O4. The minimum Gasteiger partial charge on any atom is -0.493 e. The lowest BCUT2D eigenvalue weighted by Crippen LogP contribution is -2.27. The maximum atomic E-state index is 12.8. The van der Waals surface area contributed by atoms with Crippen LogP contribution >= 0.6 is 39.1 Å². The van der Waals surface area contributed by atoms with E-state index in [1.165, 1.54) is 7.11 Å². The first kappa shape index (κ1) is 23.5. The number of halogens is 3. The van der Waals surface area contributed by atoms with Gasteiger partial charge in [0.15, 0.2) is 17.3 Å². The van der Waals surface area contributed by atoms with Gasteiger partial charge in [0, 0.05) is 38.5 Å². The van der Waals surface area contributed by atoms with E-state index < -0.39 is 5.92 Å². The van der Waals surface area contributed by atoms with Crippen molar-refractivity contribution in [2.75, 3.05) is 7.11 Å². The van der Waals surface area contributed by atoms with Crippen LogP contribution in [-0.2, 0) is 16.1 Å². The van der Waals surface area contributed by atoms with Gasteiger partial charge in [-0.15, -0.1) is 0 Å². The van der Waals surface area contributed by atoms with Gasteiger partial charge >= 0.3 is 0 Å². The predicted octanol–water partition coefficient (Wildman–Crippen LogP) is 6.16. The number of Topliss-reactive ketones (excluding diaryl/α,β-unsaturated/α-hetero) is 1. The summed E-state index contributed by atoms with van der Waals surface area (Å²) in [6, 6.07) is 10.8. The molecule has 0 fully saturated rings. The molecule has 2 aromatic rings. The van der Waals surface area contributed by atoms with E-state index in [2.05, 4.69) is 22.0 Å². The summed E-state index contributed by atoms with van der Waals surface area (Å²) in [5.41, 5.74) is 8.13. The molecule has 1 unspecified atom stereocenters. The molecule has 1 atom stereocenters. The Balaban J connectivity index is 1.73. The third-order valence-electron chi connectivity index (χ3n) is 5.60. The normalized spacial score (nSPS) is 17.9. The number of ether oxygens (including phenoxy) is 3. The zero-order valence-electron chi connectivity index (χ0n) is 17.6. The first-order valence-electron chi connectivity index (χ1n) is 10.1. The first-order chi connectivity index (χ1) is 15.8. The highest BCUT2D eigenvalue weighted by molar-refractivity contribution is 9.10. The fourth-order valence-electron chi connectivity index (χ4n) is 4.01. The molecule has 33 heavy (non-hydrogen) atoms. The molecule has 2 aliphatic rings. The number of nitrogens with two attached hydrogens (primary N) is 1. The lowest BCUT2D eigenvalue weighted by atomic mass is 9.77. The second-order valence-corrected chi connectivity index (χ2v) is 9.29. The van der Waals surface area contributed by atoms with Gasteiger partial charge in [-0.1, -0.05) is 45.2 Å². The summed E-state index contributed by atoms with van der Waals surface area (Å²) in [6.07, 6.45) is 1.67. The molecule has 4 rings (SSSR count). The van der Waals surface area contributed by atoms with Gasteiger partial charge in [-0.2, -0.15) is 5.26 Å². The summed E-state index contributed by atoms with van der Waals surface area (Å²) in [6.45, 7) is 0.194. The van der Waals surface area contributed by atoms with Crippen LogP contribution in [0.4, 0.5) is 0 Å². The van der Waals surface area contributed by atoms with Crippen LogP contribution in [0, 0.1) is 11.3 Å². The zero-order chi connectivity index (χ0) is 23.7. The standard InChI is InChI=1S/C24H19BrCl2N2O4/c1-31-20-8-14(16(25)9-21(20)32-11-12-5-6-13(26)7-17(12)27)22-15(10-28)24(29)33-19-4-2-3-18(30)23(19)22/h5-9,22H,2-4,11,29H2,1H3. The molecule has 0 bridgehead atoms. The Kier molecular flexibility index (Phi) is 6.89. The topological polar surface area (TPSA) is 94.6 Å². The second-order valence-electron chi connectivity index (χ2n) is 7.59. The molecule has 0 spiro atoms. The smallest absolute Gasteiger partial charge is 0.205 e. The van der Waals surface area contributed by atoms with E-state index in [0.717, 1.165) is 5.56 Å². The Morgan fingerprint density at radius 2 is 2.03 bits per heavy atom. The van der Waals surface area contributed by atoms with E-state index in [1.54, 1.807) is 30.3 Å². The fraction of sp³-hybridized carbons (Fsp3) is 0.250. The molecule has 0 radical (unpaired) electrons. The van der Waals surface area contributed by atoms with E-state index in [1.807, 2.05) is 0 Å². The minimum atomic E-state index is -0.658. The van der Waals surface area contributed by atoms with Crippen molar-refractivity contribution < 1.29 is 19.0 Å². The van der Waals surface area contributed by atoms with Crippen LogP contribution in [-0.4, -0.2) is 12.9 Å². The number of ketones is 1. The highest BCUT2D eigenvalue weighted by Gasteiger charge is 2.39. The van der Waals surface area contributed by atoms with Gasteiger partial charge in [0.2, 0.25) is 5.88 Å². The highest BCUT2D eigenvalue weighted by Crippen LogP contribution is 2.47. The van der Waals surface area contributed by atoms with Gasteiger partial charge in [0.25, 0.3) is 0 Å². The molecule has 2 aromatic carbocycles. The largest absolute Gasteiger partial charge is 0.493 e. The number of nitrogens with zero attached hydrogens (tertiary/aromatic N) is 1. The monoisotopic (exact) mass is 548 g/mol. The third kappa shape index (κ3) is 4.56. The molecule has 2 N–H and O–H groups in total. The number of methoxy groups -OCH3 is 1. The summed E-state index contributed by atoms with van der Waals surface area (Å²) in [4.78, 5) is 12.8. The molecule has 0 aromatic heterocycles. The zero-order valence-corrected chi connectivity index (χ0v) is 20.7. The Hall–Kier alpha value is -2.66. The minimum absolute atomic E-state index is 0.0134. The molecule has 1 aliphatic heterocycles. The summed E-state index contributed by atoms with van der Waals surface area (Å²) in [5, 5.41) is 10.8. The molecule has 1 aliphatic carbocycles. The molecule has 6 nitrogen and oxygen atoms in total. The first-order valence-corrected chi connectivity index (χ1v) is 11.7. The van der Waals surface area contributed by atoms with Crippen LogP contribution in [0.25, 0.3) is 0 Å². The lowest BCUT2D eigenvalue weighted by Gasteiger charge is -2.31. The SMILES string of the molecule is COc1cc(C2C(C#N)=C(N)OC3=C2C(=O)CCC3)c(Br)cc1OCc1ccc(Cl)cc1Cl. The molecule has 1 heterocycles. The van der Waals surface area contributed by atoms with Crippen LogP contribution in [0.1, 0.15) is 36.3 Å². The number of hydrogen-bond acceptors (Lipinski definition) is 6. The van der Waals surface area contributed by atoms with Gasteiger partial charge in [-0.3, -0.25) is 4.79 Å². The number of allylic oxidation sites excluding steroid dienone is 3. The van der Waals surface area contributed by atoms with E-state index >= 15 is 0 Å². The maximum absolute atomic E-state index is 12.8. The van der Waals surface area contributed by atoms with Crippen LogP contribution in [0.2, 0.25) is 10.0 Å². The van der Waals surface area contributed by atoms with Gasteiger partial charge < -0.3 is 19.9 Å². The van der Waals surface area contributed by atoms with Crippen molar-refractivity contribution in [2.24, 2.45) is 5.73 Å². The van der Waals surface area contributed by atoms with Crippen LogP contribution in [0.15, 0.2) is 57.6 Å². The second kappa shape index (κ2) is 9.68. The Morgan fingerprint density at radius 3 is 2.73 bits per heavy atom. The van der Waals surface area contributed by atoms with Crippen molar-refractivity contribution in [2.45, 2.75) is 31.8 Å². The van der Waals surface area contributed by atoms with E-state index in [9.17, 15) is 10.1 Å². The molecule has 0 saturated heterocycles. The average molecular weight is 550 g/mol. The third-order valence-corrected chi connectivity index (χ3v) is 6.87. The summed E-state index contributed by atoms with van der Waals surface area (Å²) >= 11 is 15.8. The van der Waals surface area contributed by atoms with Crippen molar-refractivity contribution in [3.05, 3.63) is 78.8 Å². The highest BCUT2D eigenvalue weighted by atomic mass is 79.9. The molecule has 9 heteroatoms. The molecule has 0 saturated carbocycles. The number of carbonyl (C=O) groups is 1. The number of benzene rings is 2. The fourth-order valence-corrected chi connectivity index (χ4v) is 5.02. The number of nitriles is 1. The molecular weight excluding hydrogens is 531 g/mol. The van der Waals surface area contributed by atoms with Gasteiger partial charge in [-0.05, 0) is 36.2 Å². The Labute approximate surface area is 209 Å². The summed E-state index contributed by atoms with van der Waals surface area (Å²) in [7, 11) is 1.52. The summed E-state index contributed by atoms with van der Waals surface area (Å²) in [5.74, 6) is 0.729. The van der Waals surface area contributed by atoms with Crippen molar-refractivity contribution in [3.8, 4) is 17.6 Å². The van der Waals surface area contributed by atoms with E-state index in [-0.39, 0.29) is 23.8 Å². The van der Waals surface area contributed by atoms with Gasteiger partial charge in [0.05, 0.1) is 13.0 Å². The van der Waals surface area contributed by atoms with Crippen molar-refractivity contribution in [1.29, 1.82) is 5.26 Å². The van der Waals surface area contributed by atoms with Crippen molar-refractivity contribution in [3.63, 3.8) is 0 Å². The van der Waals surface area contributed by atoms with Gasteiger partial charge in [-0.25, -0.2) is 0 Å². The van der Waals surface area contributed by atoms with Crippen molar-refractivity contribution in [1.82, 2.24) is 0 Å². The number of rotatable bonds is 5. The number of hydrogen-bond donors (Lipinski definition) is 1. The van der Waals surface area contributed by atoms with Crippen molar-refractivity contribution >= 4 is 44.9 Å². The predicted molar refractivity (Wildman–Crippen MR) is 128 cm³/mol. The van der Waals surface area contributed by atoms with Crippen LogP contribution in [0.5, 0.6) is 11.5 Å². The van der Waals surface area contributed by atoms with Crippen LogP contribution < -0.4 is 15.2 Å². The Bertz CT molecular complexity index is 1250. The van der Waals surface area contributed by atoms with Gasteiger partial charge in [0.1, 0.15) is 24.0 Å². The quantitative estimate of drug-likeness (QED) is 0.480.